The second kappa shape index (κ2) is 4.75. The normalized spacial score (nSPS) is 32.0. The summed E-state index contributed by atoms with van der Waals surface area (Å²) in [5.74, 6) is 0.137. The highest BCUT2D eigenvalue weighted by Gasteiger charge is 2.23. The highest BCUT2D eigenvalue weighted by atomic mass is 16.5. The molecule has 0 aromatic rings. The van der Waals surface area contributed by atoms with Gasteiger partial charge in [0.15, 0.2) is 0 Å². The van der Waals surface area contributed by atoms with Crippen molar-refractivity contribution in [3.05, 3.63) is 0 Å². The fourth-order valence-electron chi connectivity index (χ4n) is 2.05. The van der Waals surface area contributed by atoms with Gasteiger partial charge in [0, 0.05) is 13.2 Å². The van der Waals surface area contributed by atoms with E-state index >= 15 is 0 Å². The number of hydrogen-bond acceptors (Lipinski definition) is 3. The number of nitrogens with one attached hydrogen (secondary N) is 2. The molecular weight excluding hydrogens is 180 g/mol. The summed E-state index contributed by atoms with van der Waals surface area (Å²) in [4.78, 5) is 11.6. The maximum atomic E-state index is 11.6. The van der Waals surface area contributed by atoms with Crippen LogP contribution in [-0.4, -0.2) is 37.7 Å². The van der Waals surface area contributed by atoms with Gasteiger partial charge in [-0.05, 0) is 32.2 Å². The number of amides is 1. The molecule has 2 heterocycles. The first-order valence-electron chi connectivity index (χ1n) is 5.49. The molecule has 2 aliphatic heterocycles. The van der Waals surface area contributed by atoms with Crippen LogP contribution in [0.15, 0.2) is 0 Å². The summed E-state index contributed by atoms with van der Waals surface area (Å²) in [6.07, 6.45) is 4.54. The van der Waals surface area contributed by atoms with E-state index in [1.807, 2.05) is 0 Å². The first kappa shape index (κ1) is 9.93. The van der Waals surface area contributed by atoms with E-state index in [2.05, 4.69) is 10.6 Å². The van der Waals surface area contributed by atoms with E-state index in [0.717, 1.165) is 38.8 Å². The quantitative estimate of drug-likeness (QED) is 0.673. The Morgan fingerprint density at radius 1 is 1.43 bits per heavy atom. The molecule has 2 atom stereocenters. The molecule has 0 bridgehead atoms. The standard InChI is InChI=1S/C10H18N2O2/c13-10(9-4-1-5-11-9)12-7-8-3-2-6-14-8/h8-9,11H,1-7H2,(H,12,13)/t8?,9-/m1/s1. The van der Waals surface area contributed by atoms with Crippen molar-refractivity contribution in [1.82, 2.24) is 10.6 Å². The summed E-state index contributed by atoms with van der Waals surface area (Å²) in [5, 5.41) is 6.12. The van der Waals surface area contributed by atoms with E-state index in [4.69, 9.17) is 4.74 Å². The maximum absolute atomic E-state index is 11.6. The SMILES string of the molecule is O=C(NCC1CCCO1)[C@H]1CCCN1. The lowest BCUT2D eigenvalue weighted by molar-refractivity contribution is -0.123. The van der Waals surface area contributed by atoms with Gasteiger partial charge in [-0.25, -0.2) is 0 Å². The molecule has 4 heteroatoms. The topological polar surface area (TPSA) is 50.4 Å². The van der Waals surface area contributed by atoms with Gasteiger partial charge in [-0.2, -0.15) is 0 Å². The molecule has 0 radical (unpaired) electrons. The van der Waals surface area contributed by atoms with E-state index in [0.29, 0.717) is 6.54 Å². The Kier molecular flexibility index (Phi) is 3.37. The first-order valence-corrected chi connectivity index (χ1v) is 5.49. The molecule has 14 heavy (non-hydrogen) atoms. The van der Waals surface area contributed by atoms with Crippen LogP contribution in [0, 0.1) is 0 Å². The summed E-state index contributed by atoms with van der Waals surface area (Å²) in [7, 11) is 0. The maximum Gasteiger partial charge on any atom is 0.237 e. The van der Waals surface area contributed by atoms with Crippen molar-refractivity contribution in [3.8, 4) is 0 Å². The molecule has 2 rings (SSSR count). The van der Waals surface area contributed by atoms with Crippen LogP contribution in [-0.2, 0) is 9.53 Å². The fourth-order valence-corrected chi connectivity index (χ4v) is 2.05. The molecule has 0 aliphatic carbocycles. The molecule has 1 amide bonds. The summed E-state index contributed by atoms with van der Waals surface area (Å²) in [6.45, 7) is 2.50. The zero-order chi connectivity index (χ0) is 9.80. The van der Waals surface area contributed by atoms with Gasteiger partial charge >= 0.3 is 0 Å². The molecule has 80 valence electrons. The minimum absolute atomic E-state index is 0.0383. The van der Waals surface area contributed by atoms with Gasteiger partial charge in [0.05, 0.1) is 12.1 Å². The first-order chi connectivity index (χ1) is 6.86. The van der Waals surface area contributed by atoms with Crippen molar-refractivity contribution in [2.45, 2.75) is 37.8 Å². The summed E-state index contributed by atoms with van der Waals surface area (Å²) >= 11 is 0. The Hall–Kier alpha value is -0.610. The van der Waals surface area contributed by atoms with Gasteiger partial charge in [0.1, 0.15) is 0 Å². The molecule has 2 N–H and O–H groups in total. The van der Waals surface area contributed by atoms with Crippen molar-refractivity contribution >= 4 is 5.91 Å². The van der Waals surface area contributed by atoms with E-state index in [1.165, 1.54) is 0 Å². The second-order valence-corrected chi connectivity index (χ2v) is 4.03. The van der Waals surface area contributed by atoms with Gasteiger partial charge in [-0.1, -0.05) is 0 Å². The van der Waals surface area contributed by atoms with Crippen LogP contribution in [0.2, 0.25) is 0 Å². The predicted octanol–water partition coefficient (Wildman–Crippen LogP) is 0.0336. The van der Waals surface area contributed by atoms with Gasteiger partial charge < -0.3 is 15.4 Å². The van der Waals surface area contributed by atoms with Crippen molar-refractivity contribution in [3.63, 3.8) is 0 Å². The third-order valence-corrected chi connectivity index (χ3v) is 2.90. The van der Waals surface area contributed by atoms with E-state index < -0.39 is 0 Å². The van der Waals surface area contributed by atoms with Crippen molar-refractivity contribution in [2.24, 2.45) is 0 Å². The molecule has 1 unspecified atom stereocenters. The lowest BCUT2D eigenvalue weighted by atomic mass is 10.2. The molecule has 0 saturated carbocycles. The molecule has 0 aromatic carbocycles. The molecular formula is C10H18N2O2. The number of hydrogen-bond donors (Lipinski definition) is 2. The lowest BCUT2D eigenvalue weighted by Crippen LogP contribution is -2.43. The summed E-state index contributed by atoms with van der Waals surface area (Å²) in [5.41, 5.74) is 0. The zero-order valence-corrected chi connectivity index (χ0v) is 8.42. The second-order valence-electron chi connectivity index (χ2n) is 4.03. The van der Waals surface area contributed by atoms with E-state index in [-0.39, 0.29) is 18.1 Å². The average Bonchev–Trinajstić information content (AvgIpc) is 2.87. The third-order valence-electron chi connectivity index (χ3n) is 2.90. The minimum Gasteiger partial charge on any atom is -0.376 e. The monoisotopic (exact) mass is 198 g/mol. The Balaban J connectivity index is 1.66. The third kappa shape index (κ3) is 2.45. The van der Waals surface area contributed by atoms with Crippen LogP contribution in [0.5, 0.6) is 0 Å². The van der Waals surface area contributed by atoms with Crippen molar-refractivity contribution in [2.75, 3.05) is 19.7 Å². The molecule has 0 spiro atoms. The van der Waals surface area contributed by atoms with Gasteiger partial charge in [-0.3, -0.25) is 4.79 Å². The average molecular weight is 198 g/mol. The van der Waals surface area contributed by atoms with Gasteiger partial charge in [0.2, 0.25) is 5.91 Å². The largest absolute Gasteiger partial charge is 0.376 e. The summed E-state index contributed by atoms with van der Waals surface area (Å²) < 4.78 is 5.43. The number of ether oxygens (including phenoxy) is 1. The Bertz CT molecular complexity index is 196. The number of carbonyl (C=O) groups is 1. The molecule has 2 fully saturated rings. The summed E-state index contributed by atoms with van der Waals surface area (Å²) in [6, 6.07) is 0.0383. The highest BCUT2D eigenvalue weighted by molar-refractivity contribution is 5.81. The zero-order valence-electron chi connectivity index (χ0n) is 8.42. The minimum atomic E-state index is 0.0383. The number of rotatable bonds is 3. The van der Waals surface area contributed by atoms with Crippen LogP contribution in [0.4, 0.5) is 0 Å². The van der Waals surface area contributed by atoms with Crippen molar-refractivity contribution in [1.29, 1.82) is 0 Å². The smallest absolute Gasteiger partial charge is 0.237 e. The molecule has 2 aliphatic rings. The molecule has 0 aromatic heterocycles. The molecule has 2 saturated heterocycles. The fraction of sp³-hybridized carbons (Fsp3) is 0.900. The van der Waals surface area contributed by atoms with Crippen LogP contribution < -0.4 is 10.6 Å². The van der Waals surface area contributed by atoms with E-state index in [9.17, 15) is 4.79 Å². The molecule has 4 nitrogen and oxygen atoms in total. The van der Waals surface area contributed by atoms with Crippen LogP contribution in [0.3, 0.4) is 0 Å². The van der Waals surface area contributed by atoms with Gasteiger partial charge in [0.25, 0.3) is 0 Å². The lowest BCUT2D eigenvalue weighted by Gasteiger charge is -2.14. The van der Waals surface area contributed by atoms with Gasteiger partial charge in [-0.15, -0.1) is 0 Å². The van der Waals surface area contributed by atoms with Crippen LogP contribution in [0.1, 0.15) is 25.7 Å². The Labute approximate surface area is 84.4 Å². The Morgan fingerprint density at radius 3 is 3.00 bits per heavy atom. The van der Waals surface area contributed by atoms with E-state index in [1.54, 1.807) is 0 Å². The number of carbonyl (C=O) groups excluding carboxylic acids is 1. The predicted molar refractivity (Wildman–Crippen MR) is 53.0 cm³/mol. The van der Waals surface area contributed by atoms with Crippen molar-refractivity contribution < 1.29 is 9.53 Å². The highest BCUT2D eigenvalue weighted by Crippen LogP contribution is 2.11. The Morgan fingerprint density at radius 2 is 2.36 bits per heavy atom. The van der Waals surface area contributed by atoms with Crippen LogP contribution >= 0.6 is 0 Å². The van der Waals surface area contributed by atoms with Crippen LogP contribution in [0.25, 0.3) is 0 Å².